The van der Waals surface area contributed by atoms with Gasteiger partial charge in [0.1, 0.15) is 11.5 Å². The summed E-state index contributed by atoms with van der Waals surface area (Å²) in [6.07, 6.45) is 4.92. The molecule has 0 saturated carbocycles. The molecule has 4 N–H and O–H groups in total. The van der Waals surface area contributed by atoms with E-state index in [4.69, 9.17) is 0 Å². The molecule has 0 fully saturated rings. The molecule has 0 bridgehead atoms. The predicted molar refractivity (Wildman–Crippen MR) is 111 cm³/mol. The Balaban J connectivity index is 0.00000122. The summed E-state index contributed by atoms with van der Waals surface area (Å²) in [6.45, 7) is 5.12. The summed E-state index contributed by atoms with van der Waals surface area (Å²) in [5, 5.41) is 23.8. The van der Waals surface area contributed by atoms with E-state index in [1.807, 2.05) is 0 Å². The van der Waals surface area contributed by atoms with E-state index >= 15 is 0 Å². The molecule has 0 spiro atoms. The fourth-order valence-electron chi connectivity index (χ4n) is 2.03. The maximum atomic E-state index is 11.8. The van der Waals surface area contributed by atoms with Crippen molar-refractivity contribution in [3.63, 3.8) is 0 Å². The van der Waals surface area contributed by atoms with Crippen LogP contribution >= 0.6 is 0 Å². The summed E-state index contributed by atoms with van der Waals surface area (Å²) in [7, 11) is 0. The van der Waals surface area contributed by atoms with Gasteiger partial charge in [0.25, 0.3) is 5.91 Å². The number of carbonyl (C=O) groups excluding carboxylic acids is 2. The largest absolute Gasteiger partial charge is 0.508 e. The van der Waals surface area contributed by atoms with Gasteiger partial charge in [-0.25, -0.2) is 0 Å². The smallest absolute Gasteiger partial charge is 0.251 e. The van der Waals surface area contributed by atoms with Crippen molar-refractivity contribution in [3.05, 3.63) is 65.7 Å². The molecule has 0 radical (unpaired) electrons. The van der Waals surface area contributed by atoms with Gasteiger partial charge in [-0.1, -0.05) is 32.4 Å². The lowest BCUT2D eigenvalue weighted by Crippen LogP contribution is -2.29. The number of benzene rings is 2. The standard InChI is InChI=1S/C19H20N2O4.C3H8/c22-16-7-2-14(3-8-16)4-11-18(24)20-12-1-13-21-19(25)15-5-9-17(23)10-6-15;1-3-2/h2-11,22-23H,1,12-13H2,(H,20,24)(H,21,25);3H2,1-2H3/b11-4+;. The molecule has 0 heterocycles. The van der Waals surface area contributed by atoms with Crippen LogP contribution in [0.4, 0.5) is 0 Å². The number of aromatic hydroxyl groups is 2. The minimum absolute atomic E-state index is 0.111. The Kier molecular flexibility index (Phi) is 10.5. The first kappa shape index (κ1) is 22.8. The molecule has 6 heteroatoms. The molecule has 0 unspecified atom stereocenters. The van der Waals surface area contributed by atoms with E-state index in [1.54, 1.807) is 42.5 Å². The van der Waals surface area contributed by atoms with Gasteiger partial charge in [-0.3, -0.25) is 9.59 Å². The predicted octanol–water partition coefficient (Wildman–Crippen LogP) is 3.46. The number of phenolic OH excluding ortho intramolecular Hbond substituents is 2. The lowest BCUT2D eigenvalue weighted by Gasteiger charge is -2.06. The quantitative estimate of drug-likeness (QED) is 0.434. The SMILES string of the molecule is CCC.O=C(/C=C/c1ccc(O)cc1)NCCCNC(=O)c1ccc(O)cc1. The van der Waals surface area contributed by atoms with Crippen LogP contribution in [0.15, 0.2) is 54.6 Å². The monoisotopic (exact) mass is 384 g/mol. The number of carbonyl (C=O) groups is 2. The maximum Gasteiger partial charge on any atom is 0.251 e. The first-order chi connectivity index (χ1) is 13.5. The van der Waals surface area contributed by atoms with Gasteiger partial charge in [0.05, 0.1) is 0 Å². The molecule has 150 valence electrons. The Morgan fingerprint density at radius 2 is 1.36 bits per heavy atom. The summed E-state index contributed by atoms with van der Waals surface area (Å²) in [6, 6.07) is 12.5. The van der Waals surface area contributed by atoms with Crippen LogP contribution in [0.3, 0.4) is 0 Å². The number of hydrogen-bond donors (Lipinski definition) is 4. The molecule has 2 aromatic rings. The lowest BCUT2D eigenvalue weighted by molar-refractivity contribution is -0.116. The summed E-state index contributed by atoms with van der Waals surface area (Å²) >= 11 is 0. The van der Waals surface area contributed by atoms with E-state index < -0.39 is 0 Å². The van der Waals surface area contributed by atoms with E-state index in [0.717, 1.165) is 5.56 Å². The Bertz CT molecular complexity index is 753. The Morgan fingerprint density at radius 3 is 1.93 bits per heavy atom. The highest BCUT2D eigenvalue weighted by Gasteiger charge is 2.04. The molecule has 28 heavy (non-hydrogen) atoms. The molecule has 0 aromatic heterocycles. The highest BCUT2D eigenvalue weighted by Crippen LogP contribution is 2.10. The second-order valence-electron chi connectivity index (χ2n) is 6.08. The number of phenols is 2. The van der Waals surface area contributed by atoms with Crippen LogP contribution in [0.5, 0.6) is 11.5 Å². The third-order valence-corrected chi connectivity index (χ3v) is 3.39. The topological polar surface area (TPSA) is 98.7 Å². The first-order valence-corrected chi connectivity index (χ1v) is 9.28. The Morgan fingerprint density at radius 1 is 0.857 bits per heavy atom. The summed E-state index contributed by atoms with van der Waals surface area (Å²) in [5.41, 5.74) is 1.28. The van der Waals surface area contributed by atoms with Crippen molar-refractivity contribution in [3.8, 4) is 11.5 Å². The molecule has 0 saturated heterocycles. The molecule has 0 aliphatic heterocycles. The van der Waals surface area contributed by atoms with Crippen molar-refractivity contribution in [2.24, 2.45) is 0 Å². The fraction of sp³-hybridized carbons (Fsp3) is 0.273. The zero-order valence-corrected chi connectivity index (χ0v) is 16.3. The normalized spacial score (nSPS) is 10.1. The molecular weight excluding hydrogens is 356 g/mol. The van der Waals surface area contributed by atoms with E-state index in [1.165, 1.54) is 24.6 Å². The molecule has 6 nitrogen and oxygen atoms in total. The number of amides is 2. The van der Waals surface area contributed by atoms with Crippen LogP contribution in [-0.2, 0) is 4.79 Å². The van der Waals surface area contributed by atoms with Crippen LogP contribution in [0.25, 0.3) is 6.08 Å². The molecule has 2 rings (SSSR count). The van der Waals surface area contributed by atoms with Gasteiger partial charge in [0.15, 0.2) is 0 Å². The zero-order chi connectivity index (χ0) is 20.8. The van der Waals surface area contributed by atoms with Gasteiger partial charge >= 0.3 is 0 Å². The highest BCUT2D eigenvalue weighted by molar-refractivity contribution is 5.94. The van der Waals surface area contributed by atoms with Gasteiger partial charge in [-0.05, 0) is 54.5 Å². The van der Waals surface area contributed by atoms with Gasteiger partial charge in [0, 0.05) is 24.7 Å². The fourth-order valence-corrected chi connectivity index (χ4v) is 2.03. The van der Waals surface area contributed by atoms with Crippen LogP contribution in [0.1, 0.15) is 42.6 Å². The average molecular weight is 384 g/mol. The first-order valence-electron chi connectivity index (χ1n) is 9.28. The van der Waals surface area contributed by atoms with Gasteiger partial charge in [-0.2, -0.15) is 0 Å². The van der Waals surface area contributed by atoms with Crippen LogP contribution < -0.4 is 10.6 Å². The van der Waals surface area contributed by atoms with Crippen LogP contribution in [0, 0.1) is 0 Å². The van der Waals surface area contributed by atoms with Gasteiger partial charge in [-0.15, -0.1) is 0 Å². The number of hydrogen-bond acceptors (Lipinski definition) is 4. The summed E-state index contributed by atoms with van der Waals surface area (Å²) < 4.78 is 0. The number of rotatable bonds is 7. The van der Waals surface area contributed by atoms with Crippen LogP contribution in [0.2, 0.25) is 0 Å². The van der Waals surface area contributed by atoms with Crippen molar-refractivity contribution < 1.29 is 19.8 Å². The van der Waals surface area contributed by atoms with Crippen molar-refractivity contribution in [2.75, 3.05) is 13.1 Å². The third kappa shape index (κ3) is 9.43. The lowest BCUT2D eigenvalue weighted by atomic mass is 10.2. The maximum absolute atomic E-state index is 11.8. The van der Waals surface area contributed by atoms with Crippen molar-refractivity contribution in [1.29, 1.82) is 0 Å². The minimum Gasteiger partial charge on any atom is -0.508 e. The van der Waals surface area contributed by atoms with Crippen molar-refractivity contribution in [2.45, 2.75) is 26.7 Å². The third-order valence-electron chi connectivity index (χ3n) is 3.39. The van der Waals surface area contributed by atoms with Crippen LogP contribution in [-0.4, -0.2) is 35.1 Å². The molecule has 2 aromatic carbocycles. The van der Waals surface area contributed by atoms with Crippen molar-refractivity contribution >= 4 is 17.9 Å². The molecule has 0 aliphatic rings. The second-order valence-corrected chi connectivity index (χ2v) is 6.08. The van der Waals surface area contributed by atoms with Crippen molar-refractivity contribution in [1.82, 2.24) is 10.6 Å². The summed E-state index contributed by atoms with van der Waals surface area (Å²) in [5.74, 6) is -0.160. The molecular formula is C22H28N2O4. The van der Waals surface area contributed by atoms with E-state index in [-0.39, 0.29) is 23.3 Å². The van der Waals surface area contributed by atoms with Gasteiger partial charge < -0.3 is 20.8 Å². The number of nitrogens with one attached hydrogen (secondary N) is 2. The minimum atomic E-state index is -0.224. The van der Waals surface area contributed by atoms with E-state index in [9.17, 15) is 19.8 Å². The Labute approximate surface area is 165 Å². The van der Waals surface area contributed by atoms with E-state index in [0.29, 0.717) is 25.1 Å². The van der Waals surface area contributed by atoms with Gasteiger partial charge in [0.2, 0.25) is 5.91 Å². The summed E-state index contributed by atoms with van der Waals surface area (Å²) in [4.78, 5) is 23.5. The molecule has 2 amide bonds. The second kappa shape index (κ2) is 13.0. The Hall–Kier alpha value is -3.28. The highest BCUT2D eigenvalue weighted by atomic mass is 16.3. The zero-order valence-electron chi connectivity index (χ0n) is 16.3. The average Bonchev–Trinajstić information content (AvgIpc) is 2.68. The van der Waals surface area contributed by atoms with E-state index in [2.05, 4.69) is 24.5 Å². The molecule has 0 atom stereocenters. The molecule has 0 aliphatic carbocycles.